The highest BCUT2D eigenvalue weighted by molar-refractivity contribution is 9.10. The van der Waals surface area contributed by atoms with Crippen LogP contribution in [0.15, 0.2) is 27.6 Å². The first kappa shape index (κ1) is 15.3. The van der Waals surface area contributed by atoms with E-state index in [1.165, 1.54) is 25.0 Å². The predicted molar refractivity (Wildman–Crippen MR) is 84.7 cm³/mol. The first-order valence-corrected chi connectivity index (χ1v) is 10.00. The van der Waals surface area contributed by atoms with Crippen LogP contribution in [-0.4, -0.2) is 14.3 Å². The minimum Gasteiger partial charge on any atom is -0.325 e. The Morgan fingerprint density at radius 3 is 2.57 bits per heavy atom. The molecule has 0 saturated heterocycles. The fourth-order valence-electron chi connectivity index (χ4n) is 3.54. The highest BCUT2D eigenvalue weighted by Gasteiger charge is 2.43. The Hall–Kier alpha value is -0.590. The van der Waals surface area contributed by atoms with Crippen LogP contribution < -0.4 is 5.32 Å². The quantitative estimate of drug-likeness (QED) is 0.797. The zero-order valence-electron chi connectivity index (χ0n) is 11.2. The van der Waals surface area contributed by atoms with E-state index in [1.807, 2.05) is 0 Å². The second-order valence-electron chi connectivity index (χ2n) is 5.85. The van der Waals surface area contributed by atoms with Gasteiger partial charge >= 0.3 is 0 Å². The van der Waals surface area contributed by atoms with Crippen LogP contribution >= 0.6 is 26.6 Å². The smallest absolute Gasteiger partial charge is 0.261 e. The predicted octanol–water partition coefficient (Wildman–Crippen LogP) is 3.75. The molecule has 0 aromatic heterocycles. The van der Waals surface area contributed by atoms with E-state index in [1.54, 1.807) is 6.07 Å². The Balaban J connectivity index is 1.75. The molecule has 0 aliphatic heterocycles. The lowest BCUT2D eigenvalue weighted by atomic mass is 9.88. The number of hydrogen-bond donors (Lipinski definition) is 1. The normalized spacial score (nSPS) is 27.8. The Morgan fingerprint density at radius 2 is 2.05 bits per heavy atom. The number of halogens is 2. The van der Waals surface area contributed by atoms with E-state index in [4.69, 9.17) is 10.7 Å². The number of rotatable bonds is 3. The number of nitrogens with one attached hydrogen (secondary N) is 1. The van der Waals surface area contributed by atoms with Crippen molar-refractivity contribution in [1.82, 2.24) is 0 Å². The molecule has 3 rings (SSSR count). The Labute approximate surface area is 136 Å². The topological polar surface area (TPSA) is 63.2 Å². The average molecular weight is 393 g/mol. The highest BCUT2D eigenvalue weighted by atomic mass is 79.9. The summed E-state index contributed by atoms with van der Waals surface area (Å²) in [5, 5.41) is 2.89. The summed E-state index contributed by atoms with van der Waals surface area (Å²) in [6.07, 6.45) is 4.54. The van der Waals surface area contributed by atoms with Crippen molar-refractivity contribution in [3.05, 3.63) is 22.7 Å². The van der Waals surface area contributed by atoms with Crippen molar-refractivity contribution < 1.29 is 13.2 Å². The summed E-state index contributed by atoms with van der Waals surface area (Å²) in [6, 6.07) is 4.35. The molecule has 2 fully saturated rings. The molecular formula is C14H15BrClNO3S. The summed E-state index contributed by atoms with van der Waals surface area (Å²) >= 11 is 3.28. The third-order valence-electron chi connectivity index (χ3n) is 4.55. The first-order chi connectivity index (χ1) is 9.84. The number of amides is 1. The molecule has 3 unspecified atom stereocenters. The lowest BCUT2D eigenvalue weighted by molar-refractivity contribution is -0.121. The van der Waals surface area contributed by atoms with E-state index >= 15 is 0 Å². The van der Waals surface area contributed by atoms with Crippen molar-refractivity contribution in [2.45, 2.75) is 30.6 Å². The van der Waals surface area contributed by atoms with Gasteiger partial charge in [-0.1, -0.05) is 6.42 Å². The molecule has 7 heteroatoms. The molecule has 2 bridgehead atoms. The maximum atomic E-state index is 12.4. The molecule has 3 atom stereocenters. The zero-order chi connectivity index (χ0) is 15.2. The molecule has 4 nitrogen and oxygen atoms in total. The maximum Gasteiger partial charge on any atom is 0.261 e. The van der Waals surface area contributed by atoms with E-state index in [9.17, 15) is 13.2 Å². The van der Waals surface area contributed by atoms with E-state index in [-0.39, 0.29) is 16.7 Å². The third kappa shape index (κ3) is 3.12. The average Bonchev–Trinajstić information content (AvgIpc) is 3.02. The molecule has 0 radical (unpaired) electrons. The van der Waals surface area contributed by atoms with Crippen LogP contribution in [0.5, 0.6) is 0 Å². The SMILES string of the molecule is O=C(Nc1ccc(S(=O)(=O)Cl)cc1Br)C1CC2CCC1C2. The molecule has 1 amide bonds. The van der Waals surface area contributed by atoms with Crippen molar-refractivity contribution >= 4 is 47.3 Å². The van der Waals surface area contributed by atoms with Crippen LogP contribution in [0.1, 0.15) is 25.7 Å². The second-order valence-corrected chi connectivity index (χ2v) is 9.27. The van der Waals surface area contributed by atoms with Crippen LogP contribution in [0.25, 0.3) is 0 Å². The minimum atomic E-state index is -3.76. The van der Waals surface area contributed by atoms with E-state index in [0.717, 1.165) is 12.8 Å². The lowest BCUT2D eigenvalue weighted by Crippen LogP contribution is -2.27. The van der Waals surface area contributed by atoms with Crippen LogP contribution in [0.2, 0.25) is 0 Å². The van der Waals surface area contributed by atoms with Crippen LogP contribution in [0.4, 0.5) is 5.69 Å². The van der Waals surface area contributed by atoms with Crippen molar-refractivity contribution in [2.24, 2.45) is 17.8 Å². The summed E-state index contributed by atoms with van der Waals surface area (Å²) in [7, 11) is 1.54. The fraction of sp³-hybridized carbons (Fsp3) is 0.500. The van der Waals surface area contributed by atoms with Crippen molar-refractivity contribution in [3.63, 3.8) is 0 Å². The number of benzene rings is 1. The lowest BCUT2D eigenvalue weighted by Gasteiger charge is -2.21. The van der Waals surface area contributed by atoms with Gasteiger partial charge in [-0.15, -0.1) is 0 Å². The van der Waals surface area contributed by atoms with Gasteiger partial charge in [-0.3, -0.25) is 4.79 Å². The maximum absolute atomic E-state index is 12.4. The van der Waals surface area contributed by atoms with Gasteiger partial charge in [0.2, 0.25) is 5.91 Å². The van der Waals surface area contributed by atoms with Crippen LogP contribution in [-0.2, 0) is 13.8 Å². The summed E-state index contributed by atoms with van der Waals surface area (Å²) < 4.78 is 23.1. The summed E-state index contributed by atoms with van der Waals surface area (Å²) in [4.78, 5) is 12.4. The molecule has 1 aromatic rings. The van der Waals surface area contributed by atoms with Crippen molar-refractivity contribution in [3.8, 4) is 0 Å². The number of carbonyl (C=O) groups is 1. The molecule has 21 heavy (non-hydrogen) atoms. The van der Waals surface area contributed by atoms with Gasteiger partial charge in [0.05, 0.1) is 10.6 Å². The highest BCUT2D eigenvalue weighted by Crippen LogP contribution is 2.48. The molecule has 2 saturated carbocycles. The van der Waals surface area contributed by atoms with E-state index in [0.29, 0.717) is 22.0 Å². The molecule has 1 aromatic carbocycles. The minimum absolute atomic E-state index is 0.00830. The summed E-state index contributed by atoms with van der Waals surface area (Å²) in [6.45, 7) is 0. The second kappa shape index (κ2) is 5.56. The van der Waals surface area contributed by atoms with Gasteiger partial charge in [0.25, 0.3) is 9.05 Å². The molecule has 1 N–H and O–H groups in total. The standard InChI is InChI=1S/C14H15BrClNO3S/c15-12-7-10(21(16,19)20)3-4-13(12)17-14(18)11-6-8-1-2-9(11)5-8/h3-4,7-9,11H,1-2,5-6H2,(H,17,18). The molecular weight excluding hydrogens is 378 g/mol. The van der Waals surface area contributed by atoms with E-state index in [2.05, 4.69) is 21.2 Å². The first-order valence-electron chi connectivity index (χ1n) is 6.89. The van der Waals surface area contributed by atoms with Gasteiger partial charge in [0.15, 0.2) is 0 Å². The Morgan fingerprint density at radius 1 is 1.29 bits per heavy atom. The Kier molecular flexibility index (Phi) is 4.05. The molecule has 0 heterocycles. The third-order valence-corrected chi connectivity index (χ3v) is 6.56. The Bertz CT molecular complexity index is 691. The monoisotopic (exact) mass is 391 g/mol. The summed E-state index contributed by atoms with van der Waals surface area (Å²) in [5.74, 6) is 1.34. The molecule has 2 aliphatic rings. The molecule has 114 valence electrons. The van der Waals surface area contributed by atoms with E-state index < -0.39 is 9.05 Å². The number of fused-ring (bicyclic) bond motifs is 2. The van der Waals surface area contributed by atoms with Crippen LogP contribution in [0, 0.1) is 17.8 Å². The van der Waals surface area contributed by atoms with Gasteiger partial charge in [-0.2, -0.15) is 0 Å². The zero-order valence-corrected chi connectivity index (χ0v) is 14.3. The van der Waals surface area contributed by atoms with Gasteiger partial charge in [-0.25, -0.2) is 8.42 Å². The number of carbonyl (C=O) groups excluding carboxylic acids is 1. The molecule has 0 spiro atoms. The van der Waals surface area contributed by atoms with Crippen LogP contribution in [0.3, 0.4) is 0 Å². The van der Waals surface area contributed by atoms with Gasteiger partial charge < -0.3 is 5.32 Å². The van der Waals surface area contributed by atoms with Gasteiger partial charge in [0, 0.05) is 21.1 Å². The molecule has 2 aliphatic carbocycles. The van der Waals surface area contributed by atoms with Crippen molar-refractivity contribution in [2.75, 3.05) is 5.32 Å². The summed E-state index contributed by atoms with van der Waals surface area (Å²) in [5.41, 5.74) is 0.576. The van der Waals surface area contributed by atoms with Gasteiger partial charge in [-0.05, 0) is 65.2 Å². The number of hydrogen-bond acceptors (Lipinski definition) is 3. The van der Waals surface area contributed by atoms with Gasteiger partial charge in [0.1, 0.15) is 0 Å². The number of anilines is 1. The van der Waals surface area contributed by atoms with Crippen molar-refractivity contribution in [1.29, 1.82) is 0 Å². The fourth-order valence-corrected chi connectivity index (χ4v) is 4.95. The largest absolute Gasteiger partial charge is 0.325 e.